The van der Waals surface area contributed by atoms with E-state index >= 15 is 0 Å². The summed E-state index contributed by atoms with van der Waals surface area (Å²) in [6.45, 7) is -0.148. The van der Waals surface area contributed by atoms with E-state index in [-0.39, 0.29) is 6.54 Å². The van der Waals surface area contributed by atoms with Crippen molar-refractivity contribution >= 4 is 18.1 Å². The van der Waals surface area contributed by atoms with Crippen LogP contribution in [0.25, 0.3) is 0 Å². The minimum atomic E-state index is -0.419. The molecule has 0 aromatic rings. The van der Waals surface area contributed by atoms with Crippen LogP contribution < -0.4 is 0 Å². The summed E-state index contributed by atoms with van der Waals surface area (Å²) >= 11 is 0. The molecule has 1 aliphatic heterocycles. The molecule has 0 aromatic carbocycles. The molecule has 1 rings (SSSR count). The van der Waals surface area contributed by atoms with Crippen LogP contribution in [0.4, 0.5) is 0 Å². The zero-order chi connectivity index (χ0) is 7.56. The lowest BCUT2D eigenvalue weighted by molar-refractivity contribution is -0.138. The number of aldehydes is 1. The van der Waals surface area contributed by atoms with Crippen molar-refractivity contribution in [2.45, 2.75) is 0 Å². The predicted octanol–water partition coefficient (Wildman–Crippen LogP) is -0.890. The Kier molecular flexibility index (Phi) is 1.62. The summed E-state index contributed by atoms with van der Waals surface area (Å²) in [4.78, 5) is 32.0. The van der Waals surface area contributed by atoms with Gasteiger partial charge in [-0.15, -0.1) is 0 Å². The summed E-state index contributed by atoms with van der Waals surface area (Å²) in [5.41, 5.74) is 0. The van der Waals surface area contributed by atoms with Crippen molar-refractivity contribution in [1.82, 2.24) is 4.90 Å². The maximum atomic E-state index is 10.6. The minimum Gasteiger partial charge on any atom is -0.301 e. The first kappa shape index (κ1) is 6.67. The Bertz CT molecular complexity index is 201. The van der Waals surface area contributed by atoms with Crippen molar-refractivity contribution in [1.29, 1.82) is 0 Å². The van der Waals surface area contributed by atoms with Crippen molar-refractivity contribution in [2.75, 3.05) is 6.54 Å². The van der Waals surface area contributed by atoms with Crippen LogP contribution in [0.1, 0.15) is 0 Å². The van der Waals surface area contributed by atoms with E-state index in [1.807, 2.05) is 0 Å². The van der Waals surface area contributed by atoms with E-state index in [9.17, 15) is 14.4 Å². The van der Waals surface area contributed by atoms with Crippen LogP contribution >= 0.6 is 0 Å². The lowest BCUT2D eigenvalue weighted by Gasteiger charge is -2.07. The molecule has 52 valence electrons. The van der Waals surface area contributed by atoms with Crippen LogP contribution in [0, 0.1) is 0 Å². The molecule has 1 aliphatic rings. The lowest BCUT2D eigenvalue weighted by Crippen LogP contribution is -2.31. The molecule has 1 heterocycles. The van der Waals surface area contributed by atoms with Gasteiger partial charge in [-0.1, -0.05) is 0 Å². The van der Waals surface area contributed by atoms with Gasteiger partial charge in [-0.05, 0) is 0 Å². The molecule has 0 unspecified atom stereocenters. The Morgan fingerprint density at radius 3 is 2.20 bits per heavy atom. The van der Waals surface area contributed by atoms with E-state index in [1.54, 1.807) is 0 Å². The van der Waals surface area contributed by atoms with Gasteiger partial charge in [0.1, 0.15) is 6.29 Å². The van der Waals surface area contributed by atoms with Crippen LogP contribution in [0.15, 0.2) is 12.2 Å². The van der Waals surface area contributed by atoms with Crippen molar-refractivity contribution in [2.24, 2.45) is 0 Å². The van der Waals surface area contributed by atoms with Crippen LogP contribution in [-0.4, -0.2) is 29.5 Å². The SMILES string of the molecule is O=CCN1C(=O)C=CC1=O. The van der Waals surface area contributed by atoms with Gasteiger partial charge in [0.25, 0.3) is 11.8 Å². The van der Waals surface area contributed by atoms with Crippen molar-refractivity contribution < 1.29 is 14.4 Å². The molecule has 0 fully saturated rings. The fourth-order valence-electron chi connectivity index (χ4n) is 0.686. The van der Waals surface area contributed by atoms with Crippen LogP contribution in [0.3, 0.4) is 0 Å². The third-order valence-electron chi connectivity index (χ3n) is 1.16. The molecular weight excluding hydrogens is 134 g/mol. The highest BCUT2D eigenvalue weighted by molar-refractivity contribution is 6.13. The number of rotatable bonds is 2. The maximum Gasteiger partial charge on any atom is 0.254 e. The number of carbonyl (C=O) groups excluding carboxylic acids is 3. The summed E-state index contributed by atoms with van der Waals surface area (Å²) in [6, 6.07) is 0. The monoisotopic (exact) mass is 139 g/mol. The minimum absolute atomic E-state index is 0.148. The van der Waals surface area contributed by atoms with Crippen molar-refractivity contribution in [3.05, 3.63) is 12.2 Å². The molecule has 10 heavy (non-hydrogen) atoms. The predicted molar refractivity (Wildman–Crippen MR) is 31.9 cm³/mol. The van der Waals surface area contributed by atoms with Gasteiger partial charge in [-0.2, -0.15) is 0 Å². The highest BCUT2D eigenvalue weighted by Gasteiger charge is 2.21. The molecule has 0 atom stereocenters. The molecule has 0 aliphatic carbocycles. The Morgan fingerprint density at radius 2 is 1.80 bits per heavy atom. The molecule has 0 spiro atoms. The largest absolute Gasteiger partial charge is 0.301 e. The standard InChI is InChI=1S/C6H5NO3/c8-4-3-7-5(9)1-2-6(7)10/h1-2,4H,3H2. The number of hydrogen-bond donors (Lipinski definition) is 0. The van der Waals surface area contributed by atoms with Gasteiger partial charge in [0, 0.05) is 12.2 Å². The first-order chi connectivity index (χ1) is 4.75. The molecule has 0 saturated heterocycles. The highest BCUT2D eigenvalue weighted by atomic mass is 16.2. The third kappa shape index (κ3) is 0.953. The summed E-state index contributed by atoms with van der Waals surface area (Å²) in [7, 11) is 0. The van der Waals surface area contributed by atoms with E-state index < -0.39 is 11.8 Å². The molecular formula is C6H5NO3. The number of imide groups is 1. The Hall–Kier alpha value is -1.45. The molecule has 4 heteroatoms. The summed E-state index contributed by atoms with van der Waals surface area (Å²) in [5.74, 6) is -0.839. The highest BCUT2D eigenvalue weighted by Crippen LogP contribution is 2.00. The van der Waals surface area contributed by atoms with E-state index in [4.69, 9.17) is 0 Å². The average molecular weight is 139 g/mol. The zero-order valence-electron chi connectivity index (χ0n) is 5.11. The summed E-state index contributed by atoms with van der Waals surface area (Å²) in [5, 5.41) is 0. The van der Waals surface area contributed by atoms with Crippen LogP contribution in [0.5, 0.6) is 0 Å². The van der Waals surface area contributed by atoms with Gasteiger partial charge in [0.2, 0.25) is 0 Å². The average Bonchev–Trinajstić information content (AvgIpc) is 2.20. The molecule has 0 aromatic heterocycles. The normalized spacial score (nSPS) is 16.6. The van der Waals surface area contributed by atoms with Gasteiger partial charge < -0.3 is 4.79 Å². The molecule has 4 nitrogen and oxygen atoms in total. The smallest absolute Gasteiger partial charge is 0.254 e. The lowest BCUT2D eigenvalue weighted by atomic mass is 10.5. The van der Waals surface area contributed by atoms with Crippen LogP contribution in [-0.2, 0) is 14.4 Å². The number of amides is 2. The van der Waals surface area contributed by atoms with E-state index in [1.165, 1.54) is 0 Å². The molecule has 0 bridgehead atoms. The van der Waals surface area contributed by atoms with Gasteiger partial charge >= 0.3 is 0 Å². The second-order valence-electron chi connectivity index (χ2n) is 1.79. The van der Waals surface area contributed by atoms with Gasteiger partial charge in [-0.25, -0.2) is 0 Å². The molecule has 0 radical (unpaired) electrons. The van der Waals surface area contributed by atoms with E-state index in [0.717, 1.165) is 17.1 Å². The quantitative estimate of drug-likeness (QED) is 0.368. The Morgan fingerprint density at radius 1 is 1.30 bits per heavy atom. The summed E-state index contributed by atoms with van der Waals surface area (Å²) in [6.07, 6.45) is 2.81. The summed E-state index contributed by atoms with van der Waals surface area (Å²) < 4.78 is 0. The first-order valence-corrected chi connectivity index (χ1v) is 2.73. The fourth-order valence-corrected chi connectivity index (χ4v) is 0.686. The maximum absolute atomic E-state index is 10.6. The fraction of sp³-hybridized carbons (Fsp3) is 0.167. The van der Waals surface area contributed by atoms with Crippen LogP contribution in [0.2, 0.25) is 0 Å². The van der Waals surface area contributed by atoms with Gasteiger partial charge in [0.15, 0.2) is 0 Å². The second-order valence-corrected chi connectivity index (χ2v) is 1.79. The third-order valence-corrected chi connectivity index (χ3v) is 1.16. The topological polar surface area (TPSA) is 54.5 Å². The molecule has 0 N–H and O–H groups in total. The van der Waals surface area contributed by atoms with Gasteiger partial charge in [0.05, 0.1) is 6.54 Å². The first-order valence-electron chi connectivity index (χ1n) is 2.73. The van der Waals surface area contributed by atoms with Crippen molar-refractivity contribution in [3.63, 3.8) is 0 Å². The molecule has 2 amide bonds. The van der Waals surface area contributed by atoms with E-state index in [2.05, 4.69) is 0 Å². The van der Waals surface area contributed by atoms with Crippen molar-refractivity contribution in [3.8, 4) is 0 Å². The molecule has 0 saturated carbocycles. The Labute approximate surface area is 57.1 Å². The van der Waals surface area contributed by atoms with Gasteiger partial charge in [-0.3, -0.25) is 14.5 Å². The number of nitrogens with zero attached hydrogens (tertiary/aromatic N) is 1. The van der Waals surface area contributed by atoms with E-state index in [0.29, 0.717) is 6.29 Å². The number of hydrogen-bond acceptors (Lipinski definition) is 3. The number of carbonyl (C=O) groups is 3. The zero-order valence-corrected chi connectivity index (χ0v) is 5.11. The Balaban J connectivity index is 2.69. The second kappa shape index (κ2) is 2.43.